The summed E-state index contributed by atoms with van der Waals surface area (Å²) in [5.74, 6) is 0.490. The van der Waals surface area contributed by atoms with Crippen LogP contribution in [0, 0.1) is 0 Å². The standard InChI is InChI=1S/C23H18BrClN2O5/c1-30-19-7-9-20(10-8-19)31-14-22(28)27-26-13-16-12-17(24)4-11-21(16)32-23(29)15-2-5-18(25)6-3-15/h2-13H,14H2,1H3,(H,27,28). The van der Waals surface area contributed by atoms with E-state index in [9.17, 15) is 9.59 Å². The van der Waals surface area contributed by atoms with Gasteiger partial charge in [0, 0.05) is 15.1 Å². The molecule has 0 heterocycles. The molecule has 3 aromatic rings. The number of amides is 1. The zero-order chi connectivity index (χ0) is 22.9. The van der Waals surface area contributed by atoms with Crippen molar-refractivity contribution in [3.8, 4) is 17.2 Å². The van der Waals surface area contributed by atoms with Gasteiger partial charge in [0.2, 0.25) is 0 Å². The Hall–Kier alpha value is -3.36. The number of methoxy groups -OCH3 is 1. The van der Waals surface area contributed by atoms with Crippen molar-refractivity contribution in [2.75, 3.05) is 13.7 Å². The number of nitrogens with one attached hydrogen (secondary N) is 1. The quantitative estimate of drug-likeness (QED) is 0.200. The van der Waals surface area contributed by atoms with Crippen LogP contribution in [0.3, 0.4) is 0 Å². The minimum absolute atomic E-state index is 0.222. The molecule has 0 aliphatic rings. The number of halogens is 2. The Bertz CT molecular complexity index is 1120. The van der Waals surface area contributed by atoms with Crippen molar-refractivity contribution in [2.24, 2.45) is 5.10 Å². The second-order valence-corrected chi connectivity index (χ2v) is 7.69. The number of hydrogen-bond donors (Lipinski definition) is 1. The molecule has 0 aliphatic heterocycles. The minimum atomic E-state index is -0.546. The molecular formula is C23H18BrClN2O5. The van der Waals surface area contributed by atoms with Crippen LogP contribution in [0.25, 0.3) is 0 Å². The van der Waals surface area contributed by atoms with E-state index in [-0.39, 0.29) is 12.4 Å². The summed E-state index contributed by atoms with van der Waals surface area (Å²) in [5, 5.41) is 4.44. The SMILES string of the molecule is COc1ccc(OCC(=O)NN=Cc2cc(Br)ccc2OC(=O)c2ccc(Cl)cc2)cc1. The Kier molecular flexibility index (Phi) is 8.24. The van der Waals surface area contributed by atoms with Crippen LogP contribution >= 0.6 is 27.5 Å². The molecule has 0 saturated heterocycles. The smallest absolute Gasteiger partial charge is 0.343 e. The van der Waals surface area contributed by atoms with E-state index in [0.717, 1.165) is 4.47 Å². The topological polar surface area (TPSA) is 86.2 Å². The number of nitrogens with zero attached hydrogens (tertiary/aromatic N) is 1. The Labute approximate surface area is 198 Å². The lowest BCUT2D eigenvalue weighted by molar-refractivity contribution is -0.123. The van der Waals surface area contributed by atoms with Crippen molar-refractivity contribution in [3.63, 3.8) is 0 Å². The molecule has 7 nitrogen and oxygen atoms in total. The van der Waals surface area contributed by atoms with Crippen molar-refractivity contribution in [1.82, 2.24) is 5.43 Å². The first-order chi connectivity index (χ1) is 15.4. The van der Waals surface area contributed by atoms with E-state index in [1.54, 1.807) is 73.8 Å². The molecule has 0 atom stereocenters. The zero-order valence-electron chi connectivity index (χ0n) is 16.9. The predicted octanol–water partition coefficient (Wildman–Crippen LogP) is 4.86. The third-order valence-electron chi connectivity index (χ3n) is 4.08. The lowest BCUT2D eigenvalue weighted by atomic mass is 10.2. The maximum absolute atomic E-state index is 12.4. The van der Waals surface area contributed by atoms with Gasteiger partial charge in [0.1, 0.15) is 17.2 Å². The Morgan fingerprint density at radius 3 is 2.41 bits per heavy atom. The predicted molar refractivity (Wildman–Crippen MR) is 125 cm³/mol. The van der Waals surface area contributed by atoms with Gasteiger partial charge in [0.25, 0.3) is 5.91 Å². The number of rotatable bonds is 8. The Morgan fingerprint density at radius 1 is 1.03 bits per heavy atom. The highest BCUT2D eigenvalue weighted by molar-refractivity contribution is 9.10. The molecule has 1 N–H and O–H groups in total. The van der Waals surface area contributed by atoms with E-state index < -0.39 is 11.9 Å². The van der Waals surface area contributed by atoms with E-state index >= 15 is 0 Å². The Balaban J connectivity index is 1.59. The van der Waals surface area contributed by atoms with Gasteiger partial charge in [0.05, 0.1) is 18.9 Å². The number of hydrogen-bond acceptors (Lipinski definition) is 6. The lowest BCUT2D eigenvalue weighted by Crippen LogP contribution is -2.24. The van der Waals surface area contributed by atoms with Crippen LogP contribution in [0.1, 0.15) is 15.9 Å². The minimum Gasteiger partial charge on any atom is -0.497 e. The molecule has 0 fully saturated rings. The van der Waals surface area contributed by atoms with Gasteiger partial charge in [-0.3, -0.25) is 4.79 Å². The highest BCUT2D eigenvalue weighted by atomic mass is 79.9. The van der Waals surface area contributed by atoms with E-state index in [1.165, 1.54) is 6.21 Å². The van der Waals surface area contributed by atoms with Gasteiger partial charge in [-0.15, -0.1) is 0 Å². The second kappa shape index (κ2) is 11.3. The summed E-state index contributed by atoms with van der Waals surface area (Å²) in [4.78, 5) is 24.4. The number of ether oxygens (including phenoxy) is 3. The van der Waals surface area contributed by atoms with Gasteiger partial charge in [0.15, 0.2) is 6.61 Å². The average molecular weight is 518 g/mol. The highest BCUT2D eigenvalue weighted by Gasteiger charge is 2.12. The van der Waals surface area contributed by atoms with Gasteiger partial charge in [-0.25, -0.2) is 10.2 Å². The van der Waals surface area contributed by atoms with Crippen molar-refractivity contribution in [1.29, 1.82) is 0 Å². The van der Waals surface area contributed by atoms with Gasteiger partial charge in [-0.1, -0.05) is 27.5 Å². The second-order valence-electron chi connectivity index (χ2n) is 6.34. The van der Waals surface area contributed by atoms with E-state index in [0.29, 0.717) is 27.6 Å². The molecule has 3 aromatic carbocycles. The Morgan fingerprint density at radius 2 is 1.72 bits per heavy atom. The zero-order valence-corrected chi connectivity index (χ0v) is 19.2. The number of carbonyl (C=O) groups is 2. The molecule has 32 heavy (non-hydrogen) atoms. The number of benzene rings is 3. The molecule has 164 valence electrons. The van der Waals surface area contributed by atoms with Gasteiger partial charge >= 0.3 is 5.97 Å². The summed E-state index contributed by atoms with van der Waals surface area (Å²) < 4.78 is 16.7. The first-order valence-electron chi connectivity index (χ1n) is 9.30. The van der Waals surface area contributed by atoms with Crippen molar-refractivity contribution in [2.45, 2.75) is 0 Å². The van der Waals surface area contributed by atoms with Gasteiger partial charge in [-0.05, 0) is 66.7 Å². The molecular weight excluding hydrogens is 500 g/mol. The van der Waals surface area contributed by atoms with Crippen LogP contribution in [0.15, 0.2) is 76.3 Å². The van der Waals surface area contributed by atoms with Crippen LogP contribution in [0.4, 0.5) is 0 Å². The molecule has 0 spiro atoms. The van der Waals surface area contributed by atoms with Crippen molar-refractivity contribution < 1.29 is 23.8 Å². The fourth-order valence-corrected chi connectivity index (χ4v) is 2.99. The highest BCUT2D eigenvalue weighted by Crippen LogP contribution is 2.23. The largest absolute Gasteiger partial charge is 0.497 e. The number of carbonyl (C=O) groups excluding carboxylic acids is 2. The summed E-state index contributed by atoms with van der Waals surface area (Å²) in [7, 11) is 1.57. The van der Waals surface area contributed by atoms with Crippen molar-refractivity contribution in [3.05, 3.63) is 87.4 Å². The number of hydrazone groups is 1. The summed E-state index contributed by atoms with van der Waals surface area (Å²) in [6, 6.07) is 18.2. The van der Waals surface area contributed by atoms with E-state index in [4.69, 9.17) is 25.8 Å². The monoisotopic (exact) mass is 516 g/mol. The molecule has 0 aromatic heterocycles. The van der Waals surface area contributed by atoms with Crippen LogP contribution in [0.2, 0.25) is 5.02 Å². The van der Waals surface area contributed by atoms with Crippen molar-refractivity contribution >= 4 is 45.6 Å². The molecule has 9 heteroatoms. The molecule has 0 saturated carbocycles. The van der Waals surface area contributed by atoms with Crippen LogP contribution in [0.5, 0.6) is 17.2 Å². The van der Waals surface area contributed by atoms with E-state index in [1.807, 2.05) is 0 Å². The van der Waals surface area contributed by atoms with Gasteiger partial charge < -0.3 is 14.2 Å². The molecule has 0 bridgehead atoms. The summed E-state index contributed by atoms with van der Waals surface area (Å²) in [6.07, 6.45) is 1.38. The normalized spacial score (nSPS) is 10.6. The molecule has 0 aliphatic carbocycles. The lowest BCUT2D eigenvalue weighted by Gasteiger charge is -2.08. The van der Waals surface area contributed by atoms with Crippen LogP contribution in [-0.4, -0.2) is 31.8 Å². The maximum atomic E-state index is 12.4. The third-order valence-corrected chi connectivity index (χ3v) is 4.82. The summed E-state index contributed by atoms with van der Waals surface area (Å²) in [6.45, 7) is -0.222. The molecule has 3 rings (SSSR count). The molecule has 0 radical (unpaired) electrons. The summed E-state index contributed by atoms with van der Waals surface area (Å²) >= 11 is 9.21. The third kappa shape index (κ3) is 6.83. The van der Waals surface area contributed by atoms with Gasteiger partial charge in [-0.2, -0.15) is 5.10 Å². The number of esters is 1. The van der Waals surface area contributed by atoms with Crippen LogP contribution < -0.4 is 19.6 Å². The molecule has 1 amide bonds. The first-order valence-corrected chi connectivity index (χ1v) is 10.5. The average Bonchev–Trinajstić information content (AvgIpc) is 2.80. The maximum Gasteiger partial charge on any atom is 0.343 e. The fraction of sp³-hybridized carbons (Fsp3) is 0.0870. The molecule has 0 unspecified atom stereocenters. The fourth-order valence-electron chi connectivity index (χ4n) is 2.48. The van der Waals surface area contributed by atoms with E-state index in [2.05, 4.69) is 26.5 Å². The first kappa shape index (κ1) is 23.3. The summed E-state index contributed by atoms with van der Waals surface area (Å²) in [5.41, 5.74) is 3.21. The van der Waals surface area contributed by atoms with Crippen LogP contribution in [-0.2, 0) is 4.79 Å².